The van der Waals surface area contributed by atoms with Crippen molar-refractivity contribution in [2.24, 2.45) is 17.1 Å². The molecule has 0 saturated carbocycles. The van der Waals surface area contributed by atoms with Crippen molar-refractivity contribution in [2.45, 2.75) is 40.0 Å². The summed E-state index contributed by atoms with van der Waals surface area (Å²) in [6.07, 6.45) is 3.26. The number of nitrogens with one attached hydrogen (secondary N) is 1. The van der Waals surface area contributed by atoms with E-state index in [4.69, 9.17) is 10.7 Å². The molecule has 0 radical (unpaired) electrons. The Morgan fingerprint density at radius 3 is 2.80 bits per heavy atom. The van der Waals surface area contributed by atoms with Crippen molar-refractivity contribution in [3.05, 3.63) is 29.1 Å². The predicted octanol–water partition coefficient (Wildman–Crippen LogP) is 2.81. The van der Waals surface area contributed by atoms with Gasteiger partial charge in [0.05, 0.1) is 11.0 Å². The molecular formula is C16H21N3O. The van der Waals surface area contributed by atoms with Crippen LogP contribution in [0.1, 0.15) is 48.9 Å². The van der Waals surface area contributed by atoms with Crippen LogP contribution in [0.3, 0.4) is 0 Å². The van der Waals surface area contributed by atoms with Crippen LogP contribution in [-0.2, 0) is 12.8 Å². The number of primary amides is 1. The van der Waals surface area contributed by atoms with Gasteiger partial charge in [0, 0.05) is 5.69 Å². The molecule has 3 rings (SSSR count). The zero-order valence-electron chi connectivity index (χ0n) is 12.3. The minimum atomic E-state index is -0.437. The molecular weight excluding hydrogens is 250 g/mol. The summed E-state index contributed by atoms with van der Waals surface area (Å²) >= 11 is 0. The lowest BCUT2D eigenvalue weighted by Gasteiger charge is -2.34. The van der Waals surface area contributed by atoms with E-state index in [-0.39, 0.29) is 0 Å². The van der Waals surface area contributed by atoms with E-state index in [1.165, 1.54) is 17.7 Å². The molecule has 106 valence electrons. The Kier molecular flexibility index (Phi) is 2.85. The van der Waals surface area contributed by atoms with Gasteiger partial charge in [-0.3, -0.25) is 9.78 Å². The molecule has 0 aromatic carbocycles. The number of carbonyl (C=O) groups excluding carboxylic acids is 1. The first-order valence-electron chi connectivity index (χ1n) is 7.16. The maximum atomic E-state index is 11.2. The van der Waals surface area contributed by atoms with E-state index < -0.39 is 5.91 Å². The lowest BCUT2D eigenvalue weighted by atomic mass is 9.71. The number of hydrogen-bond donors (Lipinski definition) is 2. The standard InChI is InChI=1S/C16H21N3O/c1-16(2,3)10-4-5-11-9(6-10)7-12-13(18-11)8-14(19-12)15(17)20/h7-8,10,19H,4-6H2,1-3H3,(H2,17,20)/t10-/m1/s1. The van der Waals surface area contributed by atoms with Gasteiger partial charge in [-0.25, -0.2) is 0 Å². The highest BCUT2D eigenvalue weighted by Crippen LogP contribution is 2.37. The molecule has 2 aromatic heterocycles. The minimum absolute atomic E-state index is 0.320. The number of amides is 1. The van der Waals surface area contributed by atoms with Crippen molar-refractivity contribution >= 4 is 16.9 Å². The fourth-order valence-electron chi connectivity index (χ4n) is 3.08. The van der Waals surface area contributed by atoms with Crippen LogP contribution >= 0.6 is 0 Å². The van der Waals surface area contributed by atoms with E-state index in [0.29, 0.717) is 17.0 Å². The maximum absolute atomic E-state index is 11.2. The summed E-state index contributed by atoms with van der Waals surface area (Å²) in [5.74, 6) is 0.244. The normalized spacial score (nSPS) is 19.1. The lowest BCUT2D eigenvalue weighted by Crippen LogP contribution is -2.27. The zero-order valence-corrected chi connectivity index (χ0v) is 12.3. The average Bonchev–Trinajstić information content (AvgIpc) is 2.77. The molecule has 1 aliphatic rings. The third kappa shape index (κ3) is 2.19. The quantitative estimate of drug-likeness (QED) is 0.837. The second-order valence-corrected chi connectivity index (χ2v) is 6.88. The summed E-state index contributed by atoms with van der Waals surface area (Å²) in [4.78, 5) is 19.0. The highest BCUT2D eigenvalue weighted by molar-refractivity contribution is 5.96. The smallest absolute Gasteiger partial charge is 0.265 e. The number of carbonyl (C=O) groups is 1. The van der Waals surface area contributed by atoms with Gasteiger partial charge in [0.15, 0.2) is 0 Å². The van der Waals surface area contributed by atoms with E-state index in [0.717, 1.165) is 23.9 Å². The first-order valence-corrected chi connectivity index (χ1v) is 7.16. The number of fused-ring (bicyclic) bond motifs is 2. The van der Waals surface area contributed by atoms with Gasteiger partial charge < -0.3 is 10.7 Å². The van der Waals surface area contributed by atoms with Gasteiger partial charge in [-0.05, 0) is 48.3 Å². The minimum Gasteiger partial charge on any atom is -0.364 e. The van der Waals surface area contributed by atoms with E-state index in [1.807, 2.05) is 0 Å². The predicted molar refractivity (Wildman–Crippen MR) is 79.6 cm³/mol. The number of nitrogens with two attached hydrogens (primary N) is 1. The Morgan fingerprint density at radius 2 is 2.15 bits per heavy atom. The van der Waals surface area contributed by atoms with E-state index in [1.54, 1.807) is 6.07 Å². The molecule has 1 amide bonds. The Hall–Kier alpha value is -1.84. The van der Waals surface area contributed by atoms with E-state index >= 15 is 0 Å². The molecule has 1 aliphatic carbocycles. The second-order valence-electron chi connectivity index (χ2n) is 6.88. The molecule has 0 fully saturated rings. The second kappa shape index (κ2) is 4.33. The summed E-state index contributed by atoms with van der Waals surface area (Å²) in [7, 11) is 0. The van der Waals surface area contributed by atoms with Gasteiger partial charge in [0.2, 0.25) is 0 Å². The van der Waals surface area contributed by atoms with Crippen LogP contribution in [0.4, 0.5) is 0 Å². The van der Waals surface area contributed by atoms with Crippen LogP contribution in [0, 0.1) is 11.3 Å². The molecule has 0 saturated heterocycles. The number of aryl methyl sites for hydroxylation is 1. The van der Waals surface area contributed by atoms with E-state index in [9.17, 15) is 4.79 Å². The Bertz CT molecular complexity index is 679. The molecule has 20 heavy (non-hydrogen) atoms. The summed E-state index contributed by atoms with van der Waals surface area (Å²) in [5.41, 5.74) is 10.3. The third-order valence-electron chi connectivity index (χ3n) is 4.46. The van der Waals surface area contributed by atoms with Crippen molar-refractivity contribution < 1.29 is 4.79 Å². The fourth-order valence-corrected chi connectivity index (χ4v) is 3.08. The number of aromatic nitrogens is 2. The highest BCUT2D eigenvalue weighted by Gasteiger charge is 2.29. The van der Waals surface area contributed by atoms with Crippen LogP contribution in [0.2, 0.25) is 0 Å². The van der Waals surface area contributed by atoms with Crippen molar-refractivity contribution in [1.29, 1.82) is 0 Å². The van der Waals surface area contributed by atoms with Gasteiger partial charge in [0.25, 0.3) is 5.91 Å². The molecule has 1 atom stereocenters. The Morgan fingerprint density at radius 1 is 1.40 bits per heavy atom. The molecule has 2 aromatic rings. The van der Waals surface area contributed by atoms with Crippen molar-refractivity contribution in [1.82, 2.24) is 9.97 Å². The molecule has 4 heteroatoms. The van der Waals surface area contributed by atoms with Crippen molar-refractivity contribution in [3.8, 4) is 0 Å². The molecule has 0 aliphatic heterocycles. The topological polar surface area (TPSA) is 71.8 Å². The largest absolute Gasteiger partial charge is 0.364 e. The van der Waals surface area contributed by atoms with Crippen LogP contribution in [-0.4, -0.2) is 15.9 Å². The monoisotopic (exact) mass is 271 g/mol. The van der Waals surface area contributed by atoms with Crippen LogP contribution in [0.25, 0.3) is 11.0 Å². The van der Waals surface area contributed by atoms with Gasteiger partial charge >= 0.3 is 0 Å². The number of aromatic amines is 1. The first kappa shape index (κ1) is 13.2. The lowest BCUT2D eigenvalue weighted by molar-refractivity contribution is 0.0996. The highest BCUT2D eigenvalue weighted by atomic mass is 16.1. The SMILES string of the molecule is CC(C)(C)[C@@H]1CCc2nc3cc(C(N)=O)[nH]c3cc2C1. The average molecular weight is 271 g/mol. The van der Waals surface area contributed by atoms with Gasteiger partial charge in [0.1, 0.15) is 5.69 Å². The maximum Gasteiger partial charge on any atom is 0.265 e. The fraction of sp³-hybridized carbons (Fsp3) is 0.500. The summed E-state index contributed by atoms with van der Waals surface area (Å²) in [5, 5.41) is 0. The van der Waals surface area contributed by atoms with Gasteiger partial charge in [-0.1, -0.05) is 20.8 Å². The Balaban J connectivity index is 2.02. The number of nitrogens with zero attached hydrogens (tertiary/aromatic N) is 1. The Labute approximate surface area is 118 Å². The summed E-state index contributed by atoms with van der Waals surface area (Å²) < 4.78 is 0. The molecule has 4 nitrogen and oxygen atoms in total. The van der Waals surface area contributed by atoms with E-state index in [2.05, 4.69) is 31.8 Å². The third-order valence-corrected chi connectivity index (χ3v) is 4.46. The van der Waals surface area contributed by atoms with Gasteiger partial charge in [-0.15, -0.1) is 0 Å². The number of pyridine rings is 1. The van der Waals surface area contributed by atoms with Crippen LogP contribution in [0.5, 0.6) is 0 Å². The molecule has 0 unspecified atom stereocenters. The molecule has 0 spiro atoms. The number of hydrogen-bond acceptors (Lipinski definition) is 2. The molecule has 3 N–H and O–H groups in total. The summed E-state index contributed by atoms with van der Waals surface area (Å²) in [6, 6.07) is 3.88. The first-order chi connectivity index (χ1) is 9.34. The van der Waals surface area contributed by atoms with Crippen LogP contribution in [0.15, 0.2) is 12.1 Å². The van der Waals surface area contributed by atoms with Gasteiger partial charge in [-0.2, -0.15) is 0 Å². The van der Waals surface area contributed by atoms with Crippen molar-refractivity contribution in [2.75, 3.05) is 0 Å². The number of rotatable bonds is 1. The van der Waals surface area contributed by atoms with Crippen molar-refractivity contribution in [3.63, 3.8) is 0 Å². The molecule has 0 bridgehead atoms. The summed E-state index contributed by atoms with van der Waals surface area (Å²) in [6.45, 7) is 6.90. The van der Waals surface area contributed by atoms with Crippen LogP contribution < -0.4 is 5.73 Å². The zero-order chi connectivity index (χ0) is 14.5. The number of H-pyrrole nitrogens is 1. The molecule has 2 heterocycles.